The molecule has 0 aliphatic carbocycles. The predicted octanol–water partition coefficient (Wildman–Crippen LogP) is 4.01. The minimum atomic E-state index is -0.0105. The van der Waals surface area contributed by atoms with Crippen LogP contribution in [0.25, 0.3) is 6.08 Å². The van der Waals surface area contributed by atoms with Gasteiger partial charge in [-0.1, -0.05) is 36.4 Å². The number of hydrogen-bond acceptors (Lipinski definition) is 3. The number of carbonyl (C=O) groups excluding carboxylic acids is 1. The Hall–Kier alpha value is -1.52. The van der Waals surface area contributed by atoms with Gasteiger partial charge in [-0.25, -0.2) is 0 Å². The van der Waals surface area contributed by atoms with Gasteiger partial charge in [0, 0.05) is 5.69 Å². The van der Waals surface area contributed by atoms with Crippen LogP contribution in [0.15, 0.2) is 36.4 Å². The number of aromatic amines is 1. The number of hydrogen-bond donors (Lipinski definition) is 1. The van der Waals surface area contributed by atoms with E-state index in [1.54, 1.807) is 6.08 Å². The fourth-order valence-electron chi connectivity index (χ4n) is 1.45. The van der Waals surface area contributed by atoms with Gasteiger partial charge in [-0.15, -0.1) is 11.3 Å². The Morgan fingerprint density at radius 3 is 2.65 bits per heavy atom. The minimum absolute atomic E-state index is 0.0105. The second-order valence-electron chi connectivity index (χ2n) is 3.58. The molecule has 1 aromatic heterocycles. The number of carbonyl (C=O) groups is 1. The minimum Gasteiger partial charge on any atom is -0.340 e. The summed E-state index contributed by atoms with van der Waals surface area (Å²) in [4.78, 5) is 15.6. The largest absolute Gasteiger partial charge is 0.340 e. The monoisotopic (exact) mass is 261 g/mol. The fraction of sp³-hybridized carbons (Fsp3) is 0.0769. The molecule has 1 N–H and O–H groups in total. The van der Waals surface area contributed by atoms with Crippen LogP contribution in [0.1, 0.15) is 20.9 Å². The van der Waals surface area contributed by atoms with Gasteiger partial charge in [0.1, 0.15) is 0 Å². The van der Waals surface area contributed by atoms with Gasteiger partial charge in [-0.3, -0.25) is 4.79 Å². The third kappa shape index (κ3) is 2.99. The summed E-state index contributed by atoms with van der Waals surface area (Å²) in [5, 5.41) is 0. The van der Waals surface area contributed by atoms with Crippen LogP contribution in [0, 0.1) is 10.9 Å². The molecule has 1 aromatic carbocycles. The Bertz CT molecular complexity index is 608. The lowest BCUT2D eigenvalue weighted by atomic mass is 10.2. The maximum Gasteiger partial charge on any atom is 0.197 e. The molecule has 2 rings (SSSR count). The zero-order chi connectivity index (χ0) is 12.3. The first-order valence-electron chi connectivity index (χ1n) is 5.14. The van der Waals surface area contributed by atoms with Crippen molar-refractivity contribution in [3.05, 3.63) is 56.5 Å². The number of allylic oxidation sites excluding steroid dienone is 1. The molecule has 0 aliphatic heterocycles. The van der Waals surface area contributed by atoms with Crippen LogP contribution in [-0.4, -0.2) is 10.8 Å². The number of rotatable bonds is 3. The van der Waals surface area contributed by atoms with E-state index in [4.69, 9.17) is 12.2 Å². The Morgan fingerprint density at radius 1 is 1.35 bits per heavy atom. The molecule has 4 heteroatoms. The molecule has 0 unspecified atom stereocenters. The topological polar surface area (TPSA) is 32.9 Å². The quantitative estimate of drug-likeness (QED) is 0.514. The van der Waals surface area contributed by atoms with Crippen molar-refractivity contribution in [2.24, 2.45) is 0 Å². The van der Waals surface area contributed by atoms with Crippen LogP contribution in [0.3, 0.4) is 0 Å². The van der Waals surface area contributed by atoms with E-state index in [-0.39, 0.29) is 5.78 Å². The Morgan fingerprint density at radius 2 is 2.06 bits per heavy atom. The first kappa shape index (κ1) is 12.0. The second kappa shape index (κ2) is 5.21. The van der Waals surface area contributed by atoms with Crippen LogP contribution in [0.5, 0.6) is 0 Å². The van der Waals surface area contributed by atoms with Crippen molar-refractivity contribution in [1.29, 1.82) is 0 Å². The maximum atomic E-state index is 11.9. The van der Waals surface area contributed by atoms with Crippen molar-refractivity contribution in [3.63, 3.8) is 0 Å². The lowest BCUT2D eigenvalue weighted by molar-refractivity contribution is 0.105. The molecule has 0 saturated carbocycles. The summed E-state index contributed by atoms with van der Waals surface area (Å²) < 4.78 is 0.638. The van der Waals surface area contributed by atoms with E-state index in [9.17, 15) is 4.79 Å². The number of aromatic nitrogens is 1. The van der Waals surface area contributed by atoms with E-state index in [1.165, 1.54) is 11.3 Å². The highest BCUT2D eigenvalue weighted by molar-refractivity contribution is 7.73. The summed E-state index contributed by atoms with van der Waals surface area (Å²) in [6.45, 7) is 1.86. The summed E-state index contributed by atoms with van der Waals surface area (Å²) >= 11 is 6.32. The summed E-state index contributed by atoms with van der Waals surface area (Å²) in [6.07, 6.45) is 3.39. The van der Waals surface area contributed by atoms with Gasteiger partial charge < -0.3 is 4.98 Å². The van der Waals surface area contributed by atoms with E-state index in [1.807, 2.05) is 43.3 Å². The summed E-state index contributed by atoms with van der Waals surface area (Å²) in [5.41, 5.74) is 1.85. The lowest BCUT2D eigenvalue weighted by Crippen LogP contribution is -1.92. The molecule has 1 heterocycles. The van der Waals surface area contributed by atoms with E-state index in [2.05, 4.69) is 4.98 Å². The van der Waals surface area contributed by atoms with Gasteiger partial charge >= 0.3 is 0 Å². The molecule has 0 amide bonds. The molecule has 0 atom stereocenters. The van der Waals surface area contributed by atoms with Crippen LogP contribution < -0.4 is 0 Å². The Balaban J connectivity index is 2.20. The molecule has 0 aliphatic rings. The summed E-state index contributed by atoms with van der Waals surface area (Å²) in [7, 11) is 0. The zero-order valence-electron chi connectivity index (χ0n) is 9.27. The highest BCUT2D eigenvalue weighted by atomic mass is 32.1. The Labute approximate surface area is 109 Å². The third-order valence-corrected chi connectivity index (χ3v) is 3.63. The fourth-order valence-corrected chi connectivity index (χ4v) is 2.62. The average molecular weight is 261 g/mol. The normalized spacial score (nSPS) is 10.9. The van der Waals surface area contributed by atoms with E-state index in [0.717, 1.165) is 11.3 Å². The van der Waals surface area contributed by atoms with Crippen LogP contribution >= 0.6 is 23.6 Å². The maximum absolute atomic E-state index is 11.9. The molecule has 0 fully saturated rings. The first-order valence-corrected chi connectivity index (χ1v) is 6.36. The van der Waals surface area contributed by atoms with Crippen LogP contribution in [0.2, 0.25) is 0 Å². The predicted molar refractivity (Wildman–Crippen MR) is 74.0 cm³/mol. The van der Waals surface area contributed by atoms with E-state index in [0.29, 0.717) is 8.83 Å². The van der Waals surface area contributed by atoms with E-state index >= 15 is 0 Å². The number of benzene rings is 1. The lowest BCUT2D eigenvalue weighted by Gasteiger charge is -1.93. The van der Waals surface area contributed by atoms with Crippen molar-refractivity contribution < 1.29 is 4.79 Å². The molecule has 86 valence electrons. The molecule has 17 heavy (non-hydrogen) atoms. The van der Waals surface area contributed by atoms with Gasteiger partial charge in [-0.2, -0.15) is 0 Å². The molecule has 0 radical (unpaired) electrons. The number of H-pyrrole nitrogens is 1. The smallest absolute Gasteiger partial charge is 0.197 e. The van der Waals surface area contributed by atoms with Gasteiger partial charge in [0.2, 0.25) is 0 Å². The Kier molecular flexibility index (Phi) is 3.66. The van der Waals surface area contributed by atoms with Gasteiger partial charge in [0.25, 0.3) is 0 Å². The molecular weight excluding hydrogens is 250 g/mol. The first-order chi connectivity index (χ1) is 8.16. The van der Waals surface area contributed by atoms with Gasteiger partial charge in [0.15, 0.2) is 9.74 Å². The zero-order valence-corrected chi connectivity index (χ0v) is 10.9. The average Bonchev–Trinajstić information content (AvgIpc) is 2.67. The molecule has 0 spiro atoms. The number of nitrogens with one attached hydrogen (secondary N) is 1. The van der Waals surface area contributed by atoms with Crippen molar-refractivity contribution in [3.8, 4) is 0 Å². The van der Waals surface area contributed by atoms with Crippen molar-refractivity contribution in [2.45, 2.75) is 6.92 Å². The van der Waals surface area contributed by atoms with Crippen LogP contribution in [0.4, 0.5) is 0 Å². The SMILES string of the molecule is Cc1[nH]c(=S)sc1C(=O)/C=C/c1ccccc1. The van der Waals surface area contributed by atoms with Crippen LogP contribution in [-0.2, 0) is 0 Å². The summed E-state index contributed by atoms with van der Waals surface area (Å²) in [5.74, 6) is -0.0105. The molecule has 0 bridgehead atoms. The van der Waals surface area contributed by atoms with Crippen molar-refractivity contribution >= 4 is 35.4 Å². The number of thiazole rings is 1. The molecule has 0 saturated heterocycles. The highest BCUT2D eigenvalue weighted by Gasteiger charge is 2.08. The summed E-state index contributed by atoms with van der Waals surface area (Å²) in [6, 6.07) is 9.73. The van der Waals surface area contributed by atoms with Gasteiger partial charge in [-0.05, 0) is 30.8 Å². The standard InChI is InChI=1S/C13H11NOS2/c1-9-12(17-13(16)14-9)11(15)8-7-10-5-3-2-4-6-10/h2-8H,1H3,(H,14,16)/b8-7+. The highest BCUT2D eigenvalue weighted by Crippen LogP contribution is 2.16. The molecule has 2 aromatic rings. The third-order valence-electron chi connectivity index (χ3n) is 2.28. The number of ketones is 1. The van der Waals surface area contributed by atoms with E-state index < -0.39 is 0 Å². The molecule has 2 nitrogen and oxygen atoms in total. The molecular formula is C13H11NOS2. The van der Waals surface area contributed by atoms with Crippen molar-refractivity contribution in [1.82, 2.24) is 4.98 Å². The van der Waals surface area contributed by atoms with Crippen molar-refractivity contribution in [2.75, 3.05) is 0 Å². The number of aryl methyl sites for hydroxylation is 1. The second-order valence-corrected chi connectivity index (χ2v) is 5.26. The van der Waals surface area contributed by atoms with Gasteiger partial charge in [0.05, 0.1) is 4.88 Å².